The number of nitrogens with one attached hydrogen (secondary N) is 1. The Labute approximate surface area is 98.3 Å². The fourth-order valence-corrected chi connectivity index (χ4v) is 1.66. The van der Waals surface area contributed by atoms with Gasteiger partial charge in [-0.1, -0.05) is 0 Å². The van der Waals surface area contributed by atoms with Crippen LogP contribution >= 0.6 is 0 Å². The predicted octanol–water partition coefficient (Wildman–Crippen LogP) is 0.0749. The van der Waals surface area contributed by atoms with Crippen LogP contribution in [0.25, 0.3) is 0 Å². The maximum atomic E-state index is 8.66. The van der Waals surface area contributed by atoms with Crippen molar-refractivity contribution in [2.24, 2.45) is 5.73 Å². The van der Waals surface area contributed by atoms with Gasteiger partial charge in [0.1, 0.15) is 0 Å². The van der Waals surface area contributed by atoms with Gasteiger partial charge in [0.05, 0.1) is 5.54 Å². The minimum Gasteiger partial charge on any atom is -0.396 e. The lowest BCUT2D eigenvalue weighted by molar-refractivity contribution is -0.149. The second-order valence-electron chi connectivity index (χ2n) is 4.14. The molecule has 5 nitrogen and oxygen atoms in total. The minimum atomic E-state index is -0.372. The van der Waals surface area contributed by atoms with Crippen molar-refractivity contribution in [1.29, 1.82) is 0 Å². The molecule has 0 fully saturated rings. The van der Waals surface area contributed by atoms with Crippen molar-refractivity contribution < 1.29 is 14.6 Å². The van der Waals surface area contributed by atoms with Gasteiger partial charge in [0.15, 0.2) is 6.29 Å². The van der Waals surface area contributed by atoms with E-state index in [0.717, 1.165) is 25.8 Å². The monoisotopic (exact) mass is 234 g/mol. The highest BCUT2D eigenvalue weighted by Gasteiger charge is 2.32. The van der Waals surface area contributed by atoms with Crippen LogP contribution in [0.1, 0.15) is 26.2 Å². The van der Waals surface area contributed by atoms with Crippen LogP contribution in [0.3, 0.4) is 0 Å². The third-order valence-corrected chi connectivity index (χ3v) is 2.74. The van der Waals surface area contributed by atoms with Crippen LogP contribution in [0.2, 0.25) is 0 Å². The van der Waals surface area contributed by atoms with Crippen molar-refractivity contribution in [3.63, 3.8) is 0 Å². The summed E-state index contributed by atoms with van der Waals surface area (Å²) in [4.78, 5) is 0. The van der Waals surface area contributed by atoms with Crippen LogP contribution in [0.5, 0.6) is 0 Å². The molecular weight excluding hydrogens is 208 g/mol. The first-order chi connectivity index (χ1) is 7.64. The van der Waals surface area contributed by atoms with E-state index >= 15 is 0 Å². The first-order valence-corrected chi connectivity index (χ1v) is 5.76. The van der Waals surface area contributed by atoms with E-state index in [1.54, 1.807) is 14.2 Å². The highest BCUT2D eigenvalue weighted by atomic mass is 16.7. The number of methoxy groups -OCH3 is 2. The summed E-state index contributed by atoms with van der Waals surface area (Å²) in [5, 5.41) is 12.0. The van der Waals surface area contributed by atoms with E-state index in [1.807, 2.05) is 6.92 Å². The lowest BCUT2D eigenvalue weighted by Crippen LogP contribution is -2.58. The Kier molecular flexibility index (Phi) is 8.78. The van der Waals surface area contributed by atoms with Crippen LogP contribution in [-0.4, -0.2) is 50.9 Å². The summed E-state index contributed by atoms with van der Waals surface area (Å²) in [6.07, 6.45) is 2.51. The van der Waals surface area contributed by atoms with Crippen molar-refractivity contribution in [2.45, 2.75) is 38.0 Å². The van der Waals surface area contributed by atoms with Crippen LogP contribution in [0.15, 0.2) is 0 Å². The largest absolute Gasteiger partial charge is 0.396 e. The zero-order chi connectivity index (χ0) is 12.4. The van der Waals surface area contributed by atoms with Gasteiger partial charge in [0.25, 0.3) is 0 Å². The number of nitrogens with two attached hydrogens (primary N) is 1. The molecule has 0 saturated heterocycles. The Morgan fingerprint density at radius 1 is 1.25 bits per heavy atom. The molecule has 98 valence electrons. The second kappa shape index (κ2) is 8.90. The van der Waals surface area contributed by atoms with Gasteiger partial charge in [-0.3, -0.25) is 0 Å². The highest BCUT2D eigenvalue weighted by molar-refractivity contribution is 4.87. The van der Waals surface area contributed by atoms with E-state index in [9.17, 15) is 0 Å². The standard InChI is InChI=1S/C11H26N2O3/c1-11(9-12,10(15-2)16-3)13-7-5-4-6-8-14/h10,13-14H,4-9,12H2,1-3H3. The third-order valence-electron chi connectivity index (χ3n) is 2.74. The molecule has 0 amide bonds. The summed E-state index contributed by atoms with van der Waals surface area (Å²) >= 11 is 0. The van der Waals surface area contributed by atoms with Crippen molar-refractivity contribution in [3.8, 4) is 0 Å². The summed E-state index contributed by atoms with van der Waals surface area (Å²) in [5.41, 5.74) is 5.37. The molecule has 0 heterocycles. The summed E-state index contributed by atoms with van der Waals surface area (Å²) in [7, 11) is 3.21. The van der Waals surface area contributed by atoms with Crippen molar-refractivity contribution >= 4 is 0 Å². The van der Waals surface area contributed by atoms with Crippen LogP contribution < -0.4 is 11.1 Å². The molecule has 0 bridgehead atoms. The van der Waals surface area contributed by atoms with Crippen LogP contribution in [-0.2, 0) is 9.47 Å². The van der Waals surface area contributed by atoms with Gasteiger partial charge >= 0.3 is 0 Å². The molecule has 0 spiro atoms. The molecule has 16 heavy (non-hydrogen) atoms. The van der Waals surface area contributed by atoms with Gasteiger partial charge in [-0.15, -0.1) is 0 Å². The SMILES string of the molecule is COC(OC)C(C)(CN)NCCCCCO. The second-order valence-corrected chi connectivity index (χ2v) is 4.14. The summed E-state index contributed by atoms with van der Waals surface area (Å²) < 4.78 is 10.5. The molecule has 0 aliphatic heterocycles. The number of unbranched alkanes of at least 4 members (excludes halogenated alkanes) is 2. The number of rotatable bonds is 10. The summed E-state index contributed by atoms with van der Waals surface area (Å²) in [6, 6.07) is 0. The van der Waals surface area contributed by atoms with Gasteiger partial charge in [-0.25, -0.2) is 0 Å². The quantitative estimate of drug-likeness (QED) is 0.368. The molecule has 4 N–H and O–H groups in total. The molecule has 0 aromatic rings. The number of aliphatic hydroxyl groups excluding tert-OH is 1. The van der Waals surface area contributed by atoms with Crippen molar-refractivity contribution in [3.05, 3.63) is 0 Å². The topological polar surface area (TPSA) is 76.7 Å². The Balaban J connectivity index is 3.95. The molecule has 0 aliphatic carbocycles. The molecule has 0 radical (unpaired) electrons. The molecule has 0 aromatic carbocycles. The van der Waals surface area contributed by atoms with Gasteiger partial charge in [0, 0.05) is 27.4 Å². The lowest BCUT2D eigenvalue weighted by atomic mass is 10.0. The van der Waals surface area contributed by atoms with Crippen molar-refractivity contribution in [2.75, 3.05) is 33.9 Å². The maximum absolute atomic E-state index is 8.66. The fraction of sp³-hybridized carbons (Fsp3) is 1.00. The maximum Gasteiger partial charge on any atom is 0.175 e. The number of hydrogen-bond acceptors (Lipinski definition) is 5. The first-order valence-electron chi connectivity index (χ1n) is 5.76. The normalized spacial score (nSPS) is 15.4. The average Bonchev–Trinajstić information content (AvgIpc) is 2.30. The van der Waals surface area contributed by atoms with Crippen molar-refractivity contribution in [1.82, 2.24) is 5.32 Å². The average molecular weight is 234 g/mol. The van der Waals surface area contributed by atoms with Gasteiger partial charge in [0.2, 0.25) is 0 Å². The molecule has 5 heteroatoms. The first kappa shape index (κ1) is 15.8. The van der Waals surface area contributed by atoms with Gasteiger partial charge < -0.3 is 25.6 Å². The Morgan fingerprint density at radius 2 is 1.88 bits per heavy atom. The van der Waals surface area contributed by atoms with E-state index in [2.05, 4.69) is 5.32 Å². The molecule has 0 saturated carbocycles. The zero-order valence-electron chi connectivity index (χ0n) is 10.7. The lowest BCUT2D eigenvalue weighted by Gasteiger charge is -2.35. The number of hydrogen-bond donors (Lipinski definition) is 3. The van der Waals surface area contributed by atoms with Gasteiger partial charge in [-0.05, 0) is 32.7 Å². The number of aliphatic hydroxyl groups is 1. The highest BCUT2D eigenvalue weighted by Crippen LogP contribution is 2.12. The zero-order valence-corrected chi connectivity index (χ0v) is 10.7. The summed E-state index contributed by atoms with van der Waals surface area (Å²) in [6.45, 7) is 3.53. The van der Waals surface area contributed by atoms with E-state index in [1.165, 1.54) is 0 Å². The van der Waals surface area contributed by atoms with Gasteiger partial charge in [-0.2, -0.15) is 0 Å². The Hall–Kier alpha value is -0.200. The fourth-order valence-electron chi connectivity index (χ4n) is 1.66. The Bertz CT molecular complexity index is 165. The molecular formula is C11H26N2O3. The van der Waals surface area contributed by atoms with E-state index in [4.69, 9.17) is 20.3 Å². The molecule has 0 aromatic heterocycles. The summed E-state index contributed by atoms with van der Waals surface area (Å²) in [5.74, 6) is 0. The van der Waals surface area contributed by atoms with Crippen LogP contribution in [0.4, 0.5) is 0 Å². The van der Waals surface area contributed by atoms with E-state index in [0.29, 0.717) is 6.54 Å². The predicted molar refractivity (Wildman–Crippen MR) is 64.2 cm³/mol. The molecule has 0 aliphatic rings. The number of ether oxygens (including phenoxy) is 2. The minimum absolute atomic E-state index is 0.257. The van der Waals surface area contributed by atoms with Crippen LogP contribution in [0, 0.1) is 0 Å². The molecule has 1 atom stereocenters. The smallest absolute Gasteiger partial charge is 0.175 e. The molecule has 1 unspecified atom stereocenters. The Morgan fingerprint density at radius 3 is 2.31 bits per heavy atom. The molecule has 0 rings (SSSR count). The van der Waals surface area contributed by atoms with E-state index < -0.39 is 0 Å². The third kappa shape index (κ3) is 5.23. The van der Waals surface area contributed by atoms with E-state index in [-0.39, 0.29) is 18.4 Å².